The maximum Gasteiger partial charge on any atom is 0.0497 e. The Bertz CT molecular complexity index is 266. The topological polar surface area (TPSA) is 20.2 Å². The van der Waals surface area contributed by atoms with Gasteiger partial charge in [0.05, 0.1) is 0 Å². The average Bonchev–Trinajstić information content (AvgIpc) is 2.17. The van der Waals surface area contributed by atoms with Crippen molar-refractivity contribution < 1.29 is 5.11 Å². The van der Waals surface area contributed by atoms with Crippen LogP contribution in [0.2, 0.25) is 0 Å². The van der Waals surface area contributed by atoms with Crippen molar-refractivity contribution in [3.63, 3.8) is 0 Å². The minimum Gasteiger partial charge on any atom is -0.396 e. The predicted octanol–water partition coefficient (Wildman–Crippen LogP) is 2.74. The molecule has 1 aromatic carbocycles. The van der Waals surface area contributed by atoms with Crippen molar-refractivity contribution in [2.45, 2.75) is 26.7 Å². The van der Waals surface area contributed by atoms with Gasteiger partial charge >= 0.3 is 0 Å². The van der Waals surface area contributed by atoms with E-state index in [-0.39, 0.29) is 12.5 Å². The summed E-state index contributed by atoms with van der Waals surface area (Å²) in [6, 6.07) is 8.36. The molecule has 0 heterocycles. The first-order chi connectivity index (χ1) is 6.15. The molecule has 0 aromatic heterocycles. The molecule has 0 bridgehead atoms. The quantitative estimate of drug-likeness (QED) is 0.752. The Labute approximate surface area is 80.4 Å². The van der Waals surface area contributed by atoms with Gasteiger partial charge in [0.15, 0.2) is 0 Å². The molecule has 0 aliphatic heterocycles. The van der Waals surface area contributed by atoms with E-state index >= 15 is 0 Å². The molecule has 1 N–H and O–H groups in total. The molecule has 1 atom stereocenters. The third-order valence-corrected chi connectivity index (χ3v) is 2.31. The molecule has 0 amide bonds. The van der Waals surface area contributed by atoms with Gasteiger partial charge in [0.2, 0.25) is 0 Å². The molecule has 1 heteroatoms. The lowest BCUT2D eigenvalue weighted by Gasteiger charge is -2.11. The molecule has 1 radical (unpaired) electrons. The van der Waals surface area contributed by atoms with Crippen molar-refractivity contribution in [3.8, 4) is 0 Å². The van der Waals surface area contributed by atoms with Gasteiger partial charge in [-0.15, -0.1) is 0 Å². The van der Waals surface area contributed by atoms with Gasteiger partial charge in [0, 0.05) is 12.5 Å². The summed E-state index contributed by atoms with van der Waals surface area (Å²) in [6.07, 6.45) is 0. The van der Waals surface area contributed by atoms with Crippen LogP contribution in [0, 0.1) is 5.92 Å². The van der Waals surface area contributed by atoms with E-state index in [1.807, 2.05) is 13.0 Å². The van der Waals surface area contributed by atoms with Gasteiger partial charge in [0.1, 0.15) is 0 Å². The van der Waals surface area contributed by atoms with Crippen LogP contribution in [-0.2, 0) is 0 Å². The minimum absolute atomic E-state index is 0.214. The zero-order valence-corrected chi connectivity index (χ0v) is 8.54. The zero-order chi connectivity index (χ0) is 9.84. The van der Waals surface area contributed by atoms with Crippen molar-refractivity contribution in [2.24, 2.45) is 0 Å². The fraction of sp³-hybridized carbons (Fsp3) is 0.417. The van der Waals surface area contributed by atoms with Crippen molar-refractivity contribution in [1.29, 1.82) is 0 Å². The molecule has 13 heavy (non-hydrogen) atoms. The highest BCUT2D eigenvalue weighted by atomic mass is 16.3. The molecular weight excluding hydrogens is 160 g/mol. The Morgan fingerprint density at radius 3 is 2.62 bits per heavy atom. The largest absolute Gasteiger partial charge is 0.396 e. The average molecular weight is 177 g/mol. The van der Waals surface area contributed by atoms with Gasteiger partial charge in [-0.2, -0.15) is 0 Å². The number of hydrogen-bond donors (Lipinski definition) is 1. The Morgan fingerprint density at radius 1 is 1.38 bits per heavy atom. The lowest BCUT2D eigenvalue weighted by Crippen LogP contribution is -2.00. The van der Waals surface area contributed by atoms with E-state index in [4.69, 9.17) is 5.11 Å². The van der Waals surface area contributed by atoms with Crippen LogP contribution in [0.5, 0.6) is 0 Å². The summed E-state index contributed by atoms with van der Waals surface area (Å²) in [4.78, 5) is 0. The molecule has 0 saturated heterocycles. The van der Waals surface area contributed by atoms with E-state index in [9.17, 15) is 0 Å². The van der Waals surface area contributed by atoms with Crippen molar-refractivity contribution in [3.05, 3.63) is 41.3 Å². The molecule has 0 fully saturated rings. The first kappa shape index (κ1) is 10.3. The molecule has 0 aliphatic rings. The van der Waals surface area contributed by atoms with E-state index in [0.717, 1.165) is 0 Å². The third kappa shape index (κ3) is 2.56. The van der Waals surface area contributed by atoms with Gasteiger partial charge < -0.3 is 5.11 Å². The van der Waals surface area contributed by atoms with Crippen molar-refractivity contribution >= 4 is 0 Å². The molecular formula is C12H17O. The molecule has 1 aromatic rings. The normalized spacial score (nSPS) is 13.3. The summed E-state index contributed by atoms with van der Waals surface area (Å²) in [5.74, 6) is 1.55. The highest BCUT2D eigenvalue weighted by Gasteiger charge is 2.05. The van der Waals surface area contributed by atoms with Crippen molar-refractivity contribution in [1.82, 2.24) is 0 Å². The van der Waals surface area contributed by atoms with E-state index in [1.165, 1.54) is 17.0 Å². The molecule has 0 aliphatic carbocycles. The molecule has 1 nitrogen and oxygen atoms in total. The van der Waals surface area contributed by atoms with E-state index in [1.54, 1.807) is 0 Å². The fourth-order valence-electron chi connectivity index (χ4n) is 1.26. The van der Waals surface area contributed by atoms with Crippen LogP contribution in [0.4, 0.5) is 0 Å². The Morgan fingerprint density at radius 2 is 2.08 bits per heavy atom. The summed E-state index contributed by atoms with van der Waals surface area (Å²) in [6.45, 7) is 6.45. The number of rotatable bonds is 3. The number of aliphatic hydroxyl groups excluding tert-OH is 1. The minimum atomic E-state index is 0.214. The summed E-state index contributed by atoms with van der Waals surface area (Å²) < 4.78 is 0. The maximum absolute atomic E-state index is 9.01. The summed E-state index contributed by atoms with van der Waals surface area (Å²) in [5.41, 5.74) is 2.47. The van der Waals surface area contributed by atoms with Gasteiger partial charge in [-0.3, -0.25) is 0 Å². The first-order valence-electron chi connectivity index (χ1n) is 4.66. The highest BCUT2D eigenvalue weighted by molar-refractivity contribution is 5.33. The van der Waals surface area contributed by atoms with E-state index in [0.29, 0.717) is 0 Å². The molecule has 1 rings (SSSR count). The summed E-state index contributed by atoms with van der Waals surface area (Å²) in [5, 5.41) is 9.01. The molecule has 1 unspecified atom stereocenters. The van der Waals surface area contributed by atoms with Crippen LogP contribution in [0.3, 0.4) is 0 Å². The van der Waals surface area contributed by atoms with Gasteiger partial charge in [-0.1, -0.05) is 45.0 Å². The molecule has 0 spiro atoms. The monoisotopic (exact) mass is 177 g/mol. The first-order valence-corrected chi connectivity index (χ1v) is 4.66. The molecule has 0 saturated carbocycles. The van der Waals surface area contributed by atoms with Crippen molar-refractivity contribution in [2.75, 3.05) is 6.61 Å². The smallest absolute Gasteiger partial charge is 0.0497 e. The second-order valence-corrected chi connectivity index (χ2v) is 3.71. The predicted molar refractivity (Wildman–Crippen MR) is 55.6 cm³/mol. The van der Waals surface area contributed by atoms with Crippen LogP contribution < -0.4 is 0 Å². The Balaban J connectivity index is 2.91. The highest BCUT2D eigenvalue weighted by Crippen LogP contribution is 2.20. The fourth-order valence-corrected chi connectivity index (χ4v) is 1.26. The van der Waals surface area contributed by atoms with Crippen LogP contribution in [-0.4, -0.2) is 11.7 Å². The standard InChI is InChI=1S/C12H17O/c1-9(2)11-5-4-6-12(7-11)10(3)8-13/h4-7,10,13H,8H2,1-3H3. The van der Waals surface area contributed by atoms with Crippen LogP contribution in [0.25, 0.3) is 0 Å². The Kier molecular flexibility index (Phi) is 3.49. The third-order valence-electron chi connectivity index (χ3n) is 2.31. The number of hydrogen-bond acceptors (Lipinski definition) is 1. The second-order valence-electron chi connectivity index (χ2n) is 3.71. The van der Waals surface area contributed by atoms with Crippen LogP contribution in [0.1, 0.15) is 37.8 Å². The van der Waals surface area contributed by atoms with Gasteiger partial charge in [0.25, 0.3) is 0 Å². The van der Waals surface area contributed by atoms with E-state index < -0.39 is 0 Å². The number of benzene rings is 1. The van der Waals surface area contributed by atoms with Gasteiger partial charge in [-0.05, 0) is 17.0 Å². The van der Waals surface area contributed by atoms with Crippen LogP contribution >= 0.6 is 0 Å². The summed E-state index contributed by atoms with van der Waals surface area (Å²) >= 11 is 0. The zero-order valence-electron chi connectivity index (χ0n) is 8.54. The maximum atomic E-state index is 9.01. The van der Waals surface area contributed by atoms with E-state index in [2.05, 4.69) is 32.0 Å². The summed E-state index contributed by atoms with van der Waals surface area (Å²) in [7, 11) is 0. The van der Waals surface area contributed by atoms with Crippen LogP contribution in [0.15, 0.2) is 24.3 Å². The molecule has 71 valence electrons. The SMILES string of the molecule is C[C](C)c1cccc(C(C)CO)c1. The Hall–Kier alpha value is -0.820. The number of aliphatic hydroxyl groups is 1. The van der Waals surface area contributed by atoms with Gasteiger partial charge in [-0.25, -0.2) is 0 Å². The lowest BCUT2D eigenvalue weighted by atomic mass is 9.95. The lowest BCUT2D eigenvalue weighted by molar-refractivity contribution is 0.273. The second kappa shape index (κ2) is 4.43.